The number of nitrogens with zero attached hydrogens (tertiary/aromatic N) is 3. The van der Waals surface area contributed by atoms with E-state index >= 15 is 0 Å². The smallest absolute Gasteiger partial charge is 0.355 e. The van der Waals surface area contributed by atoms with Gasteiger partial charge in [0.25, 0.3) is 5.91 Å². The zero-order chi connectivity index (χ0) is 19.8. The van der Waals surface area contributed by atoms with Gasteiger partial charge < -0.3 is 4.74 Å². The number of hydrogen-bond acceptors (Lipinski definition) is 6. The van der Waals surface area contributed by atoms with E-state index in [1.54, 1.807) is 43.3 Å². The number of fused-ring (bicyclic) bond motifs is 1. The van der Waals surface area contributed by atoms with Crippen LogP contribution >= 0.6 is 0 Å². The lowest BCUT2D eigenvalue weighted by Gasteiger charge is -2.22. The van der Waals surface area contributed by atoms with Crippen LogP contribution in [0, 0.1) is 12.8 Å². The normalized spacial score (nSPS) is 21.0. The Morgan fingerprint density at radius 3 is 2.32 bits per heavy atom. The highest BCUT2D eigenvalue weighted by atomic mass is 16.5. The Labute approximate surface area is 162 Å². The van der Waals surface area contributed by atoms with Gasteiger partial charge in [-0.3, -0.25) is 14.6 Å². The maximum atomic E-state index is 13.2. The minimum absolute atomic E-state index is 0.0383. The van der Waals surface area contributed by atoms with Crippen LogP contribution in [0.25, 0.3) is 0 Å². The fourth-order valence-corrected chi connectivity index (χ4v) is 3.53. The summed E-state index contributed by atoms with van der Waals surface area (Å²) in [5.74, 6) is -2.55. The number of hydrazone groups is 1. The number of para-hydroxylation sites is 1. The molecule has 7 nitrogen and oxygen atoms in total. The average molecular weight is 377 g/mol. The second-order valence-electron chi connectivity index (χ2n) is 6.66. The van der Waals surface area contributed by atoms with Gasteiger partial charge in [-0.15, -0.1) is 0 Å². The molecule has 142 valence electrons. The van der Waals surface area contributed by atoms with Crippen LogP contribution in [-0.2, 0) is 19.1 Å². The lowest BCUT2D eigenvalue weighted by Crippen LogP contribution is -2.39. The molecule has 0 aromatic heterocycles. The predicted octanol–water partition coefficient (Wildman–Crippen LogP) is 2.29. The second-order valence-corrected chi connectivity index (χ2v) is 6.66. The summed E-state index contributed by atoms with van der Waals surface area (Å²) >= 11 is 0. The summed E-state index contributed by atoms with van der Waals surface area (Å²) in [5, 5.41) is 5.76. The molecule has 4 rings (SSSR count). The Kier molecular flexibility index (Phi) is 4.43. The molecule has 0 N–H and O–H groups in total. The molecule has 1 fully saturated rings. The number of rotatable bonds is 4. The number of imide groups is 1. The number of aryl methyl sites for hydroxylation is 1. The van der Waals surface area contributed by atoms with E-state index in [1.807, 2.05) is 25.1 Å². The average Bonchev–Trinajstić information content (AvgIpc) is 3.21. The Balaban J connectivity index is 1.78. The van der Waals surface area contributed by atoms with Crippen molar-refractivity contribution in [3.8, 4) is 0 Å². The van der Waals surface area contributed by atoms with E-state index in [0.717, 1.165) is 10.5 Å². The Morgan fingerprint density at radius 2 is 1.68 bits per heavy atom. The third-order valence-electron chi connectivity index (χ3n) is 4.85. The van der Waals surface area contributed by atoms with Crippen molar-refractivity contribution in [2.75, 3.05) is 16.5 Å². The molecule has 0 radical (unpaired) electrons. The van der Waals surface area contributed by atoms with Crippen molar-refractivity contribution in [1.82, 2.24) is 0 Å². The molecule has 2 aliphatic rings. The molecule has 2 aromatic carbocycles. The maximum Gasteiger partial charge on any atom is 0.355 e. The number of amides is 2. The predicted molar refractivity (Wildman–Crippen MR) is 104 cm³/mol. The first-order valence-electron chi connectivity index (χ1n) is 9.07. The van der Waals surface area contributed by atoms with Crippen molar-refractivity contribution in [2.24, 2.45) is 11.0 Å². The zero-order valence-electron chi connectivity index (χ0n) is 15.5. The maximum absolute atomic E-state index is 13.2. The Hall–Kier alpha value is -3.48. The number of benzene rings is 2. The molecule has 2 aromatic rings. The van der Waals surface area contributed by atoms with Crippen LogP contribution < -0.4 is 9.91 Å². The van der Waals surface area contributed by atoms with Gasteiger partial charge >= 0.3 is 5.97 Å². The number of ether oxygens (including phenoxy) is 1. The molecule has 1 saturated heterocycles. The molecule has 0 aliphatic carbocycles. The van der Waals surface area contributed by atoms with Gasteiger partial charge in [-0.25, -0.2) is 9.69 Å². The highest BCUT2D eigenvalue weighted by molar-refractivity contribution is 6.47. The standard InChI is InChI=1S/C21H19N3O4/c1-3-28-21(27)17-16-18(24(22-17)15-7-5-4-6-8-15)20(26)23(19(16)25)14-11-9-13(2)10-12-14/h4-12,16,18H,3H2,1-2H3. The van der Waals surface area contributed by atoms with Crippen LogP contribution in [0.3, 0.4) is 0 Å². The Bertz CT molecular complexity index is 969. The quantitative estimate of drug-likeness (QED) is 0.603. The van der Waals surface area contributed by atoms with Gasteiger partial charge in [0, 0.05) is 0 Å². The monoisotopic (exact) mass is 377 g/mol. The molecule has 2 heterocycles. The van der Waals surface area contributed by atoms with Gasteiger partial charge in [0.15, 0.2) is 5.71 Å². The Morgan fingerprint density at radius 1 is 1.00 bits per heavy atom. The minimum Gasteiger partial charge on any atom is -0.461 e. The largest absolute Gasteiger partial charge is 0.461 e. The highest BCUT2D eigenvalue weighted by Crippen LogP contribution is 2.37. The molecule has 0 saturated carbocycles. The first-order chi connectivity index (χ1) is 13.5. The molecule has 2 amide bonds. The zero-order valence-corrected chi connectivity index (χ0v) is 15.5. The summed E-state index contributed by atoms with van der Waals surface area (Å²) in [5.41, 5.74) is 2.08. The fraction of sp³-hybridized carbons (Fsp3) is 0.238. The van der Waals surface area contributed by atoms with Crippen LogP contribution in [0.1, 0.15) is 12.5 Å². The van der Waals surface area contributed by atoms with Gasteiger partial charge in [0.1, 0.15) is 12.0 Å². The van der Waals surface area contributed by atoms with Crippen LogP contribution in [0.2, 0.25) is 0 Å². The van der Waals surface area contributed by atoms with E-state index in [9.17, 15) is 14.4 Å². The number of esters is 1. The number of carbonyl (C=O) groups is 3. The van der Waals surface area contributed by atoms with Crippen LogP contribution in [0.15, 0.2) is 59.7 Å². The van der Waals surface area contributed by atoms with E-state index in [0.29, 0.717) is 11.4 Å². The molecule has 28 heavy (non-hydrogen) atoms. The first kappa shape index (κ1) is 17.9. The summed E-state index contributed by atoms with van der Waals surface area (Å²) in [6.45, 7) is 3.76. The molecular weight excluding hydrogens is 358 g/mol. The summed E-state index contributed by atoms with van der Waals surface area (Å²) in [6.07, 6.45) is 0. The van der Waals surface area contributed by atoms with Gasteiger partial charge in [0.05, 0.1) is 18.0 Å². The first-order valence-corrected chi connectivity index (χ1v) is 9.07. The lowest BCUT2D eigenvalue weighted by atomic mass is 9.98. The van der Waals surface area contributed by atoms with E-state index < -0.39 is 29.7 Å². The summed E-state index contributed by atoms with van der Waals surface area (Å²) < 4.78 is 5.08. The fourth-order valence-electron chi connectivity index (χ4n) is 3.53. The van der Waals surface area contributed by atoms with Crippen LogP contribution in [-0.4, -0.2) is 36.1 Å². The van der Waals surface area contributed by atoms with E-state index in [1.165, 1.54) is 5.01 Å². The molecule has 0 bridgehead atoms. The topological polar surface area (TPSA) is 79.3 Å². The minimum atomic E-state index is -0.993. The second kappa shape index (κ2) is 6.92. The van der Waals surface area contributed by atoms with Crippen molar-refractivity contribution < 1.29 is 19.1 Å². The molecule has 7 heteroatoms. The number of hydrogen-bond donors (Lipinski definition) is 0. The van der Waals surface area contributed by atoms with Crippen LogP contribution in [0.4, 0.5) is 11.4 Å². The molecule has 2 atom stereocenters. The van der Waals surface area contributed by atoms with Crippen molar-refractivity contribution in [1.29, 1.82) is 0 Å². The third kappa shape index (κ3) is 2.76. The molecule has 2 unspecified atom stereocenters. The van der Waals surface area contributed by atoms with E-state index in [-0.39, 0.29) is 12.3 Å². The third-order valence-corrected chi connectivity index (χ3v) is 4.85. The number of carbonyl (C=O) groups excluding carboxylic acids is 3. The summed E-state index contributed by atoms with van der Waals surface area (Å²) in [7, 11) is 0. The highest BCUT2D eigenvalue weighted by Gasteiger charge is 2.59. The van der Waals surface area contributed by atoms with Gasteiger partial charge in [0.2, 0.25) is 5.91 Å². The summed E-state index contributed by atoms with van der Waals surface area (Å²) in [4.78, 5) is 40.0. The lowest BCUT2D eigenvalue weighted by molar-refractivity contribution is -0.136. The van der Waals surface area contributed by atoms with Gasteiger partial charge in [-0.1, -0.05) is 35.9 Å². The summed E-state index contributed by atoms with van der Waals surface area (Å²) in [6, 6.07) is 15.2. The van der Waals surface area contributed by atoms with Gasteiger partial charge in [-0.05, 0) is 38.1 Å². The van der Waals surface area contributed by atoms with Gasteiger partial charge in [-0.2, -0.15) is 5.10 Å². The number of anilines is 2. The molecule has 0 spiro atoms. The van der Waals surface area contributed by atoms with Crippen molar-refractivity contribution >= 4 is 34.9 Å². The SMILES string of the molecule is CCOC(=O)C1=NN(c2ccccc2)C2C(=O)N(c3ccc(C)cc3)C(=O)C12. The van der Waals surface area contributed by atoms with E-state index in [2.05, 4.69) is 5.10 Å². The van der Waals surface area contributed by atoms with Crippen molar-refractivity contribution in [2.45, 2.75) is 19.9 Å². The molecular formula is C21H19N3O4. The van der Waals surface area contributed by atoms with Crippen LogP contribution in [0.5, 0.6) is 0 Å². The van der Waals surface area contributed by atoms with Crippen molar-refractivity contribution in [3.05, 3.63) is 60.2 Å². The van der Waals surface area contributed by atoms with E-state index in [4.69, 9.17) is 4.74 Å². The molecule has 2 aliphatic heterocycles. The van der Waals surface area contributed by atoms with Crippen molar-refractivity contribution in [3.63, 3.8) is 0 Å².